The lowest BCUT2D eigenvalue weighted by Crippen LogP contribution is -2.31. The van der Waals surface area contributed by atoms with Crippen LogP contribution in [-0.4, -0.2) is 20.5 Å². The lowest BCUT2D eigenvalue weighted by Gasteiger charge is -2.25. The van der Waals surface area contributed by atoms with Crippen LogP contribution >= 0.6 is 11.3 Å². The summed E-state index contributed by atoms with van der Waals surface area (Å²) in [4.78, 5) is 5.34. The van der Waals surface area contributed by atoms with Gasteiger partial charge in [0.25, 0.3) is 10.0 Å². The van der Waals surface area contributed by atoms with Gasteiger partial charge in [0, 0.05) is 0 Å². The number of hydrogen-bond donors (Lipinski definition) is 0. The second-order valence-corrected chi connectivity index (χ2v) is 9.45. The Morgan fingerprint density at radius 2 is 1.84 bits per heavy atom. The van der Waals surface area contributed by atoms with Gasteiger partial charge in [-0.25, -0.2) is 17.8 Å². The van der Waals surface area contributed by atoms with E-state index in [2.05, 4.69) is 4.98 Å². The standard InChI is InChI=1S/C22H19FN2O4S2/c1-15-18(24-22(29-15)21-8-5-13-30-21)14-25(19-6-3-4-7-20(19)28-2)31(26,27)17-11-9-16(23)10-12-17/h3-13H,14H2,1-2H3. The lowest BCUT2D eigenvalue weighted by molar-refractivity contribution is 0.415. The van der Waals surface area contributed by atoms with Crippen LogP contribution in [0.3, 0.4) is 0 Å². The van der Waals surface area contributed by atoms with Crippen LogP contribution in [0.25, 0.3) is 10.8 Å². The van der Waals surface area contributed by atoms with Gasteiger partial charge in [-0.15, -0.1) is 11.3 Å². The number of benzene rings is 2. The molecule has 0 aliphatic heterocycles. The summed E-state index contributed by atoms with van der Waals surface area (Å²) in [5, 5.41) is 1.91. The summed E-state index contributed by atoms with van der Waals surface area (Å²) in [5.74, 6) is 0.808. The molecule has 0 amide bonds. The van der Waals surface area contributed by atoms with E-state index in [4.69, 9.17) is 9.15 Å². The summed E-state index contributed by atoms with van der Waals surface area (Å²) < 4.78 is 52.9. The fraction of sp³-hybridized carbons (Fsp3) is 0.136. The molecule has 0 unspecified atom stereocenters. The molecule has 0 fully saturated rings. The van der Waals surface area contributed by atoms with Crippen LogP contribution in [0.1, 0.15) is 11.5 Å². The van der Waals surface area contributed by atoms with Crippen LogP contribution < -0.4 is 9.04 Å². The van der Waals surface area contributed by atoms with Crippen molar-refractivity contribution in [2.75, 3.05) is 11.4 Å². The Labute approximate surface area is 183 Å². The largest absolute Gasteiger partial charge is 0.495 e. The zero-order chi connectivity index (χ0) is 22.0. The van der Waals surface area contributed by atoms with Crippen molar-refractivity contribution in [2.24, 2.45) is 0 Å². The van der Waals surface area contributed by atoms with Gasteiger partial charge in [-0.2, -0.15) is 0 Å². The molecule has 0 aliphatic rings. The van der Waals surface area contributed by atoms with Crippen molar-refractivity contribution in [3.8, 4) is 16.5 Å². The van der Waals surface area contributed by atoms with Crippen LogP contribution in [0.2, 0.25) is 0 Å². The quantitative estimate of drug-likeness (QED) is 0.378. The predicted octanol–water partition coefficient (Wildman–Crippen LogP) is 5.25. The van der Waals surface area contributed by atoms with Gasteiger partial charge in [0.05, 0.1) is 29.1 Å². The maximum atomic E-state index is 13.6. The van der Waals surface area contributed by atoms with Gasteiger partial charge < -0.3 is 9.15 Å². The van der Waals surface area contributed by atoms with Gasteiger partial charge in [-0.3, -0.25) is 4.31 Å². The second kappa shape index (κ2) is 8.52. The molecular formula is C22H19FN2O4S2. The maximum Gasteiger partial charge on any atom is 0.264 e. The number of hydrogen-bond acceptors (Lipinski definition) is 6. The first-order valence-corrected chi connectivity index (χ1v) is 11.6. The number of oxazole rings is 1. The molecule has 0 atom stereocenters. The third-order valence-corrected chi connectivity index (χ3v) is 7.31. The van der Waals surface area contributed by atoms with Crippen LogP contribution in [0, 0.1) is 12.7 Å². The number of rotatable bonds is 7. The van der Waals surface area contributed by atoms with E-state index in [-0.39, 0.29) is 11.4 Å². The molecule has 4 aromatic rings. The molecule has 2 aromatic heterocycles. The zero-order valence-corrected chi connectivity index (χ0v) is 18.4. The Balaban J connectivity index is 1.81. The van der Waals surface area contributed by atoms with Crippen molar-refractivity contribution < 1.29 is 22.0 Å². The van der Waals surface area contributed by atoms with Gasteiger partial charge in [0.2, 0.25) is 5.89 Å². The molecule has 160 valence electrons. The van der Waals surface area contributed by atoms with Crippen molar-refractivity contribution in [2.45, 2.75) is 18.4 Å². The predicted molar refractivity (Wildman–Crippen MR) is 117 cm³/mol. The van der Waals surface area contributed by atoms with Gasteiger partial charge in [-0.1, -0.05) is 18.2 Å². The molecule has 0 aliphatic carbocycles. The number of aromatic nitrogens is 1. The van der Waals surface area contributed by atoms with Crippen LogP contribution in [0.5, 0.6) is 5.75 Å². The molecule has 2 heterocycles. The fourth-order valence-corrected chi connectivity index (χ4v) is 5.17. The number of ether oxygens (including phenoxy) is 1. The monoisotopic (exact) mass is 458 g/mol. The summed E-state index contributed by atoms with van der Waals surface area (Å²) in [5.41, 5.74) is 0.814. The average molecular weight is 459 g/mol. The van der Waals surface area contributed by atoms with Crippen LogP contribution in [-0.2, 0) is 16.6 Å². The van der Waals surface area contributed by atoms with Crippen molar-refractivity contribution in [3.63, 3.8) is 0 Å². The number of para-hydroxylation sites is 2. The highest BCUT2D eigenvalue weighted by atomic mass is 32.2. The van der Waals surface area contributed by atoms with E-state index < -0.39 is 15.8 Å². The molecule has 9 heteroatoms. The minimum absolute atomic E-state index is 0.0422. The molecule has 2 aromatic carbocycles. The Morgan fingerprint density at radius 1 is 1.10 bits per heavy atom. The van der Waals surface area contributed by atoms with Crippen LogP contribution in [0.15, 0.2) is 75.4 Å². The minimum atomic E-state index is -4.06. The smallest absolute Gasteiger partial charge is 0.264 e. The molecule has 0 N–H and O–H groups in total. The molecule has 0 radical (unpaired) electrons. The van der Waals surface area contributed by atoms with Crippen molar-refractivity contribution in [1.82, 2.24) is 4.98 Å². The van der Waals surface area contributed by atoms with E-state index >= 15 is 0 Å². The molecule has 0 saturated heterocycles. The summed E-state index contributed by atoms with van der Waals surface area (Å²) in [6, 6.07) is 15.3. The molecule has 0 saturated carbocycles. The molecule has 4 rings (SSSR count). The van der Waals surface area contributed by atoms with Gasteiger partial charge in [0.15, 0.2) is 0 Å². The van der Waals surface area contributed by atoms with E-state index in [0.717, 1.165) is 17.0 Å². The topological polar surface area (TPSA) is 72.6 Å². The molecule has 6 nitrogen and oxygen atoms in total. The third-order valence-electron chi connectivity index (χ3n) is 4.67. The maximum absolute atomic E-state index is 13.6. The summed E-state index contributed by atoms with van der Waals surface area (Å²) >= 11 is 1.48. The number of methoxy groups -OCH3 is 1. The van der Waals surface area contributed by atoms with E-state index in [9.17, 15) is 12.8 Å². The minimum Gasteiger partial charge on any atom is -0.495 e. The Hall–Kier alpha value is -3.17. The summed E-state index contributed by atoms with van der Waals surface area (Å²) in [6.45, 7) is 1.66. The first-order valence-electron chi connectivity index (χ1n) is 9.31. The number of anilines is 1. The van der Waals surface area contributed by atoms with Gasteiger partial charge in [0.1, 0.15) is 23.0 Å². The third kappa shape index (κ3) is 4.19. The van der Waals surface area contributed by atoms with E-state index in [1.54, 1.807) is 31.2 Å². The van der Waals surface area contributed by atoms with E-state index in [1.165, 1.54) is 34.9 Å². The summed E-state index contributed by atoms with van der Waals surface area (Å²) in [7, 11) is -2.59. The van der Waals surface area contributed by atoms with E-state index in [0.29, 0.717) is 28.8 Å². The van der Waals surface area contributed by atoms with Gasteiger partial charge in [-0.05, 0) is 54.8 Å². The van der Waals surface area contributed by atoms with Crippen molar-refractivity contribution >= 4 is 27.0 Å². The highest BCUT2D eigenvalue weighted by Gasteiger charge is 2.29. The highest BCUT2D eigenvalue weighted by molar-refractivity contribution is 7.92. The zero-order valence-electron chi connectivity index (χ0n) is 16.8. The van der Waals surface area contributed by atoms with E-state index in [1.807, 2.05) is 17.5 Å². The Bertz CT molecular complexity index is 1280. The number of thiophene rings is 1. The second-order valence-electron chi connectivity index (χ2n) is 6.64. The van der Waals surface area contributed by atoms with Crippen molar-refractivity contribution in [3.05, 3.63) is 83.3 Å². The SMILES string of the molecule is COc1ccccc1N(Cc1nc(-c2cccs2)oc1C)S(=O)(=O)c1ccc(F)cc1. The highest BCUT2D eigenvalue weighted by Crippen LogP contribution is 2.35. The van der Waals surface area contributed by atoms with Crippen LogP contribution in [0.4, 0.5) is 10.1 Å². The first-order chi connectivity index (χ1) is 14.9. The van der Waals surface area contributed by atoms with Gasteiger partial charge >= 0.3 is 0 Å². The first kappa shape index (κ1) is 21.1. The molecule has 31 heavy (non-hydrogen) atoms. The molecular weight excluding hydrogens is 439 g/mol. The Morgan fingerprint density at radius 3 is 2.52 bits per heavy atom. The number of aryl methyl sites for hydroxylation is 1. The molecule has 0 spiro atoms. The summed E-state index contributed by atoms with van der Waals surface area (Å²) in [6.07, 6.45) is 0. The molecule has 0 bridgehead atoms. The number of nitrogens with zero attached hydrogens (tertiary/aromatic N) is 2. The normalized spacial score (nSPS) is 11.5. The Kier molecular flexibility index (Phi) is 5.79. The fourth-order valence-electron chi connectivity index (χ4n) is 3.09. The average Bonchev–Trinajstić information content (AvgIpc) is 3.42. The lowest BCUT2D eigenvalue weighted by atomic mass is 10.2. The number of halogens is 1. The number of sulfonamides is 1. The van der Waals surface area contributed by atoms with Crippen molar-refractivity contribution in [1.29, 1.82) is 0 Å².